The lowest BCUT2D eigenvalue weighted by Crippen LogP contribution is -2.54. The van der Waals surface area contributed by atoms with Crippen LogP contribution >= 0.6 is 0 Å². The van der Waals surface area contributed by atoms with Crippen LogP contribution in [0.5, 0.6) is 0 Å². The number of rotatable bonds is 12. The second-order valence-corrected chi connectivity index (χ2v) is 9.42. The van der Waals surface area contributed by atoms with Crippen molar-refractivity contribution in [3.63, 3.8) is 0 Å². The minimum absolute atomic E-state index is 0.276. The van der Waals surface area contributed by atoms with Crippen molar-refractivity contribution in [1.82, 2.24) is 5.32 Å². The summed E-state index contributed by atoms with van der Waals surface area (Å²) in [7, 11) is 0. The summed E-state index contributed by atoms with van der Waals surface area (Å²) in [4.78, 5) is 0. The zero-order valence-electron chi connectivity index (χ0n) is 19.3. The van der Waals surface area contributed by atoms with Crippen LogP contribution in [0.3, 0.4) is 0 Å². The minimum Gasteiger partial charge on any atom is -0.376 e. The smallest absolute Gasteiger partial charge is 0.116 e. The number of aliphatic hydroxyl groups is 1. The third kappa shape index (κ3) is 6.83. The van der Waals surface area contributed by atoms with Gasteiger partial charge in [0.2, 0.25) is 0 Å². The van der Waals surface area contributed by atoms with Gasteiger partial charge in [-0.05, 0) is 82.8 Å². The van der Waals surface area contributed by atoms with Crippen molar-refractivity contribution >= 4 is 5.57 Å². The second kappa shape index (κ2) is 11.1. The molecule has 1 fully saturated rings. The predicted octanol–water partition coefficient (Wildman–Crippen LogP) is 6.81. The molecule has 29 heavy (non-hydrogen) atoms. The van der Waals surface area contributed by atoms with E-state index in [1.165, 1.54) is 42.4 Å². The van der Waals surface area contributed by atoms with Crippen LogP contribution in [0.25, 0.3) is 5.57 Å². The molecule has 0 spiro atoms. The molecule has 1 aliphatic rings. The summed E-state index contributed by atoms with van der Waals surface area (Å²) in [6.45, 7) is 16.5. The fourth-order valence-corrected chi connectivity index (χ4v) is 5.13. The monoisotopic (exact) mass is 397 g/mol. The quantitative estimate of drug-likeness (QED) is 0.300. The maximum Gasteiger partial charge on any atom is 0.116 e. The largest absolute Gasteiger partial charge is 0.376 e. The molecule has 4 atom stereocenters. The predicted molar refractivity (Wildman–Crippen MR) is 127 cm³/mol. The Labute approximate surface area is 179 Å². The van der Waals surface area contributed by atoms with Crippen LogP contribution in [0, 0.1) is 18.8 Å². The van der Waals surface area contributed by atoms with Crippen LogP contribution in [0.1, 0.15) is 88.8 Å². The van der Waals surface area contributed by atoms with Crippen LogP contribution in [-0.2, 0) is 6.42 Å². The van der Waals surface area contributed by atoms with Crippen molar-refractivity contribution in [1.29, 1.82) is 0 Å². The zero-order valence-corrected chi connectivity index (χ0v) is 19.3. The summed E-state index contributed by atoms with van der Waals surface area (Å²) in [5, 5.41) is 15.0. The Balaban J connectivity index is 2.03. The summed E-state index contributed by atoms with van der Waals surface area (Å²) in [5.41, 5.74) is 4.38. The van der Waals surface area contributed by atoms with E-state index in [-0.39, 0.29) is 5.92 Å². The van der Waals surface area contributed by atoms with Crippen molar-refractivity contribution in [3.05, 3.63) is 54.1 Å². The number of benzene rings is 1. The minimum atomic E-state index is -0.807. The summed E-state index contributed by atoms with van der Waals surface area (Å²) in [5.74, 6) is 0.903. The van der Waals surface area contributed by atoms with Gasteiger partial charge in [-0.1, -0.05) is 61.8 Å². The lowest BCUT2D eigenvalue weighted by Gasteiger charge is -2.38. The van der Waals surface area contributed by atoms with Crippen molar-refractivity contribution < 1.29 is 5.11 Å². The molecule has 1 aliphatic carbocycles. The Bertz CT molecular complexity index is 675. The van der Waals surface area contributed by atoms with Crippen LogP contribution in [0.2, 0.25) is 0 Å². The van der Waals surface area contributed by atoms with Gasteiger partial charge in [-0.15, -0.1) is 6.58 Å². The highest BCUT2D eigenvalue weighted by Gasteiger charge is 2.36. The highest BCUT2D eigenvalue weighted by molar-refractivity contribution is 5.65. The molecule has 2 N–H and O–H groups in total. The normalized spacial score (nSPS) is 22.2. The molecule has 0 radical (unpaired) electrons. The molecule has 162 valence electrons. The standard InChI is InChI=1S/C27H43NO/c1-7-9-13-24(11-8-2)27(6,29)28-26-14-10-12-22(26)16-17-23-19-21(5)15-18-25(23)20(3)4/h7,15,18-19,22,24,26,28-29H,1,3,8-14,16-17H2,2,4-6H3/t22?,24?,26-,27?/m0/s1. The molecule has 2 rings (SSSR count). The van der Waals surface area contributed by atoms with E-state index >= 15 is 0 Å². The van der Waals surface area contributed by atoms with Crippen molar-refractivity contribution in [2.75, 3.05) is 0 Å². The summed E-state index contributed by atoms with van der Waals surface area (Å²) in [6, 6.07) is 7.13. The van der Waals surface area contributed by atoms with Crippen LogP contribution in [-0.4, -0.2) is 16.9 Å². The van der Waals surface area contributed by atoms with E-state index in [1.54, 1.807) is 0 Å². The van der Waals surface area contributed by atoms with Gasteiger partial charge in [0, 0.05) is 12.0 Å². The summed E-state index contributed by atoms with van der Waals surface area (Å²) >= 11 is 0. The summed E-state index contributed by atoms with van der Waals surface area (Å²) < 4.78 is 0. The average molecular weight is 398 g/mol. The van der Waals surface area contributed by atoms with Crippen LogP contribution < -0.4 is 5.32 Å². The van der Waals surface area contributed by atoms with Gasteiger partial charge >= 0.3 is 0 Å². The highest BCUT2D eigenvalue weighted by Crippen LogP contribution is 2.34. The third-order valence-corrected chi connectivity index (χ3v) is 6.79. The molecule has 0 saturated heterocycles. The Morgan fingerprint density at radius 2 is 2.10 bits per heavy atom. The van der Waals surface area contributed by atoms with Gasteiger partial charge < -0.3 is 5.11 Å². The lowest BCUT2D eigenvalue weighted by molar-refractivity contribution is -0.0521. The number of allylic oxidation sites excluding steroid dienone is 2. The molecule has 3 unspecified atom stereocenters. The Morgan fingerprint density at radius 3 is 2.76 bits per heavy atom. The molecule has 2 nitrogen and oxygen atoms in total. The topological polar surface area (TPSA) is 32.3 Å². The molecule has 1 aromatic carbocycles. The fraction of sp³-hybridized carbons (Fsp3) is 0.630. The second-order valence-electron chi connectivity index (χ2n) is 9.42. The Morgan fingerprint density at radius 1 is 1.34 bits per heavy atom. The van der Waals surface area contributed by atoms with E-state index in [9.17, 15) is 5.11 Å². The maximum absolute atomic E-state index is 11.3. The van der Waals surface area contributed by atoms with E-state index in [0.29, 0.717) is 12.0 Å². The Kier molecular flexibility index (Phi) is 9.17. The van der Waals surface area contributed by atoms with Gasteiger partial charge in [0.05, 0.1) is 0 Å². The van der Waals surface area contributed by atoms with Gasteiger partial charge in [-0.25, -0.2) is 0 Å². The zero-order chi connectivity index (χ0) is 21.4. The molecular formula is C27H43NO. The third-order valence-electron chi connectivity index (χ3n) is 6.79. The molecule has 2 heteroatoms. The molecule has 0 heterocycles. The van der Waals surface area contributed by atoms with Gasteiger partial charge in [-0.2, -0.15) is 0 Å². The molecular weight excluding hydrogens is 354 g/mol. The molecule has 0 aromatic heterocycles. The van der Waals surface area contributed by atoms with Gasteiger partial charge in [0.25, 0.3) is 0 Å². The SMILES string of the molecule is C=CCCC(CCC)C(C)(O)N[C@H]1CCCC1CCc1cc(C)ccc1C(=C)C. The fourth-order valence-electron chi connectivity index (χ4n) is 5.13. The van der Waals surface area contributed by atoms with Gasteiger partial charge in [0.15, 0.2) is 0 Å². The molecule has 0 bridgehead atoms. The van der Waals surface area contributed by atoms with Crippen molar-refractivity contribution in [3.8, 4) is 0 Å². The molecule has 0 aliphatic heterocycles. The van der Waals surface area contributed by atoms with E-state index in [1.807, 2.05) is 13.0 Å². The summed E-state index contributed by atoms with van der Waals surface area (Å²) in [6.07, 6.45) is 12.0. The van der Waals surface area contributed by atoms with Gasteiger partial charge in [-0.3, -0.25) is 5.32 Å². The highest BCUT2D eigenvalue weighted by atomic mass is 16.3. The number of nitrogens with one attached hydrogen (secondary N) is 1. The van der Waals surface area contributed by atoms with E-state index < -0.39 is 5.72 Å². The van der Waals surface area contributed by atoms with Crippen molar-refractivity contribution in [2.24, 2.45) is 11.8 Å². The number of hydrogen-bond donors (Lipinski definition) is 2. The Hall–Kier alpha value is -1.38. The van der Waals surface area contributed by atoms with Crippen LogP contribution in [0.4, 0.5) is 0 Å². The number of aryl methyl sites for hydroxylation is 2. The molecule has 0 amide bonds. The molecule has 1 aromatic rings. The first-order chi connectivity index (χ1) is 13.8. The first-order valence-corrected chi connectivity index (χ1v) is 11.6. The van der Waals surface area contributed by atoms with E-state index in [2.05, 4.69) is 57.4 Å². The number of hydrogen-bond acceptors (Lipinski definition) is 2. The van der Waals surface area contributed by atoms with Gasteiger partial charge in [0.1, 0.15) is 5.72 Å². The van der Waals surface area contributed by atoms with Crippen molar-refractivity contribution in [2.45, 2.75) is 97.2 Å². The average Bonchev–Trinajstić information content (AvgIpc) is 3.09. The maximum atomic E-state index is 11.3. The van der Waals surface area contributed by atoms with E-state index in [0.717, 1.165) is 37.7 Å². The first-order valence-electron chi connectivity index (χ1n) is 11.6. The lowest BCUT2D eigenvalue weighted by atomic mass is 9.85. The van der Waals surface area contributed by atoms with Crippen LogP contribution in [0.15, 0.2) is 37.4 Å². The molecule has 1 saturated carbocycles. The first kappa shape index (κ1) is 23.9. The van der Waals surface area contributed by atoms with E-state index in [4.69, 9.17) is 0 Å².